The highest BCUT2D eigenvalue weighted by molar-refractivity contribution is 8.23. The van der Waals surface area contributed by atoms with E-state index in [1.807, 2.05) is 72.8 Å². The van der Waals surface area contributed by atoms with Crippen molar-refractivity contribution in [3.05, 3.63) is 84.4 Å². The molecular formula is C21H18N2S4. The standard InChI is InChI=1S/C21H18N2S4/c1-15-9-8-14-18(22-20(24)26-16-10-4-2-5-11-16)19(15)23-21(25)27-17-12-6-3-7-13-17/h2-14H,1H3,(H,22,24)(H,23,25). The molecule has 0 aromatic heterocycles. The molecule has 0 saturated carbocycles. The Morgan fingerprint density at radius 1 is 0.667 bits per heavy atom. The van der Waals surface area contributed by atoms with E-state index in [0.717, 1.165) is 26.7 Å². The Kier molecular flexibility index (Phi) is 7.29. The zero-order valence-corrected chi connectivity index (χ0v) is 17.9. The highest BCUT2D eigenvalue weighted by Gasteiger charge is 2.10. The fourth-order valence-corrected chi connectivity index (χ4v) is 4.51. The number of thiocarbonyl (C=S) groups is 2. The number of nitrogens with one attached hydrogen (secondary N) is 2. The molecule has 0 fully saturated rings. The molecule has 0 saturated heterocycles. The maximum atomic E-state index is 5.54. The second-order valence-corrected chi connectivity index (χ2v) is 9.15. The van der Waals surface area contributed by atoms with E-state index in [-0.39, 0.29) is 0 Å². The number of benzene rings is 3. The van der Waals surface area contributed by atoms with Crippen LogP contribution in [0.4, 0.5) is 11.4 Å². The molecule has 2 nitrogen and oxygen atoms in total. The topological polar surface area (TPSA) is 24.1 Å². The van der Waals surface area contributed by atoms with Crippen molar-refractivity contribution in [2.45, 2.75) is 16.7 Å². The van der Waals surface area contributed by atoms with Crippen LogP contribution in [0.2, 0.25) is 0 Å². The molecule has 27 heavy (non-hydrogen) atoms. The molecule has 0 radical (unpaired) electrons. The minimum absolute atomic E-state index is 0.691. The molecule has 0 unspecified atom stereocenters. The predicted molar refractivity (Wildman–Crippen MR) is 128 cm³/mol. The number of rotatable bonds is 4. The third kappa shape index (κ3) is 6.07. The van der Waals surface area contributed by atoms with Crippen molar-refractivity contribution < 1.29 is 0 Å². The smallest absolute Gasteiger partial charge is 0.143 e. The summed E-state index contributed by atoms with van der Waals surface area (Å²) in [6.45, 7) is 2.05. The number of thioether (sulfide) groups is 2. The van der Waals surface area contributed by atoms with Crippen molar-refractivity contribution in [2.75, 3.05) is 10.6 Å². The van der Waals surface area contributed by atoms with Crippen LogP contribution in [0.5, 0.6) is 0 Å². The van der Waals surface area contributed by atoms with Gasteiger partial charge in [-0.15, -0.1) is 0 Å². The van der Waals surface area contributed by atoms with Gasteiger partial charge in [0.05, 0.1) is 11.4 Å². The van der Waals surface area contributed by atoms with Crippen molar-refractivity contribution >= 4 is 68.0 Å². The van der Waals surface area contributed by atoms with Gasteiger partial charge in [-0.1, -0.05) is 96.5 Å². The molecule has 0 heterocycles. The molecule has 6 heteroatoms. The monoisotopic (exact) mass is 426 g/mol. The van der Waals surface area contributed by atoms with Gasteiger partial charge in [0.15, 0.2) is 0 Å². The molecule has 0 aliphatic carbocycles. The summed E-state index contributed by atoms with van der Waals surface area (Å²) >= 11 is 14.1. The largest absolute Gasteiger partial charge is 0.339 e. The quantitative estimate of drug-likeness (QED) is 0.345. The van der Waals surface area contributed by atoms with Gasteiger partial charge in [-0.05, 0) is 42.8 Å². The summed E-state index contributed by atoms with van der Waals surface area (Å²) in [5, 5.41) is 6.69. The zero-order chi connectivity index (χ0) is 19.1. The van der Waals surface area contributed by atoms with E-state index in [4.69, 9.17) is 24.4 Å². The molecule has 0 atom stereocenters. The molecule has 0 aliphatic heterocycles. The van der Waals surface area contributed by atoms with Gasteiger partial charge in [-0.3, -0.25) is 0 Å². The molecule has 0 spiro atoms. The van der Waals surface area contributed by atoms with E-state index < -0.39 is 0 Å². The number of hydrogen-bond donors (Lipinski definition) is 2. The molecule has 0 aliphatic rings. The molecule has 2 N–H and O–H groups in total. The van der Waals surface area contributed by atoms with Gasteiger partial charge in [0, 0.05) is 9.79 Å². The van der Waals surface area contributed by atoms with E-state index in [1.165, 1.54) is 23.5 Å². The third-order valence-electron chi connectivity index (χ3n) is 3.64. The first kappa shape index (κ1) is 19.9. The number of aryl methyl sites for hydroxylation is 1. The molecule has 0 amide bonds. The van der Waals surface area contributed by atoms with Crippen LogP contribution < -0.4 is 10.6 Å². The van der Waals surface area contributed by atoms with Gasteiger partial charge < -0.3 is 10.6 Å². The van der Waals surface area contributed by atoms with E-state index in [9.17, 15) is 0 Å². The Hall–Kier alpha value is -1.86. The van der Waals surface area contributed by atoms with Crippen LogP contribution in [-0.4, -0.2) is 8.64 Å². The summed E-state index contributed by atoms with van der Waals surface area (Å²) < 4.78 is 1.39. The van der Waals surface area contributed by atoms with Gasteiger partial charge >= 0.3 is 0 Å². The van der Waals surface area contributed by atoms with Gasteiger partial charge in [0.25, 0.3) is 0 Å². The Bertz CT molecular complexity index is 927. The highest BCUT2D eigenvalue weighted by Crippen LogP contribution is 2.30. The number of hydrogen-bond acceptors (Lipinski definition) is 4. The first-order valence-corrected chi connectivity index (χ1v) is 10.7. The van der Waals surface area contributed by atoms with E-state index >= 15 is 0 Å². The molecule has 136 valence electrons. The van der Waals surface area contributed by atoms with Crippen molar-refractivity contribution in [1.29, 1.82) is 0 Å². The predicted octanol–water partition coefficient (Wildman–Crippen LogP) is 6.97. The Morgan fingerprint density at radius 2 is 1.19 bits per heavy atom. The van der Waals surface area contributed by atoms with E-state index in [0.29, 0.717) is 8.64 Å². The first-order chi connectivity index (χ1) is 13.1. The average Bonchev–Trinajstić information content (AvgIpc) is 2.66. The minimum atomic E-state index is 0.691. The molecule has 3 rings (SSSR count). The lowest BCUT2D eigenvalue weighted by atomic mass is 10.1. The molecule has 0 bridgehead atoms. The molecule has 3 aromatic rings. The average molecular weight is 427 g/mol. The van der Waals surface area contributed by atoms with Crippen LogP contribution in [0.1, 0.15) is 5.56 Å². The lowest BCUT2D eigenvalue weighted by Crippen LogP contribution is -2.11. The normalized spacial score (nSPS) is 10.3. The summed E-state index contributed by atoms with van der Waals surface area (Å²) in [5.74, 6) is 0. The fourth-order valence-electron chi connectivity index (χ4n) is 2.39. The Labute approximate surface area is 179 Å². The van der Waals surface area contributed by atoms with Crippen molar-refractivity contribution in [3.8, 4) is 0 Å². The Balaban J connectivity index is 1.70. The van der Waals surface area contributed by atoms with E-state index in [1.54, 1.807) is 0 Å². The summed E-state index contributed by atoms with van der Waals surface area (Å²) in [4.78, 5) is 2.21. The maximum absolute atomic E-state index is 5.54. The van der Waals surface area contributed by atoms with E-state index in [2.05, 4.69) is 23.6 Å². The van der Waals surface area contributed by atoms with Gasteiger partial charge in [0.2, 0.25) is 0 Å². The maximum Gasteiger partial charge on any atom is 0.143 e. The van der Waals surface area contributed by atoms with Gasteiger partial charge in [-0.25, -0.2) is 0 Å². The van der Waals surface area contributed by atoms with Crippen LogP contribution in [0.15, 0.2) is 88.7 Å². The highest BCUT2D eigenvalue weighted by atomic mass is 32.2. The van der Waals surface area contributed by atoms with Crippen molar-refractivity contribution in [1.82, 2.24) is 0 Å². The van der Waals surface area contributed by atoms with Crippen LogP contribution in [0, 0.1) is 6.92 Å². The van der Waals surface area contributed by atoms with Crippen LogP contribution >= 0.6 is 48.0 Å². The van der Waals surface area contributed by atoms with Gasteiger partial charge in [-0.2, -0.15) is 0 Å². The molecular weight excluding hydrogens is 409 g/mol. The Morgan fingerprint density at radius 3 is 1.74 bits per heavy atom. The minimum Gasteiger partial charge on any atom is -0.339 e. The SMILES string of the molecule is Cc1cccc(NC(=S)Sc2ccccc2)c1NC(=S)Sc1ccccc1. The number of para-hydroxylation sites is 1. The lowest BCUT2D eigenvalue weighted by Gasteiger charge is -2.17. The summed E-state index contributed by atoms with van der Waals surface area (Å²) in [6, 6.07) is 26.2. The third-order valence-corrected chi connectivity index (χ3v) is 5.94. The van der Waals surface area contributed by atoms with Crippen LogP contribution in [0.25, 0.3) is 0 Å². The molecule has 3 aromatic carbocycles. The first-order valence-electron chi connectivity index (χ1n) is 8.29. The van der Waals surface area contributed by atoms with Gasteiger partial charge in [0.1, 0.15) is 8.64 Å². The second kappa shape index (κ2) is 9.90. The van der Waals surface area contributed by atoms with Crippen molar-refractivity contribution in [3.63, 3.8) is 0 Å². The summed E-state index contributed by atoms with van der Waals surface area (Å²) in [7, 11) is 0. The fraction of sp³-hybridized carbons (Fsp3) is 0.0476. The number of anilines is 2. The van der Waals surface area contributed by atoms with Crippen LogP contribution in [0.3, 0.4) is 0 Å². The summed E-state index contributed by atoms with van der Waals surface area (Å²) in [6.07, 6.45) is 0. The zero-order valence-electron chi connectivity index (χ0n) is 14.6. The summed E-state index contributed by atoms with van der Waals surface area (Å²) in [5.41, 5.74) is 2.96. The van der Waals surface area contributed by atoms with Crippen LogP contribution in [-0.2, 0) is 0 Å². The second-order valence-electron chi connectivity index (χ2n) is 5.65. The lowest BCUT2D eigenvalue weighted by molar-refractivity contribution is 1.45. The van der Waals surface area contributed by atoms with Crippen molar-refractivity contribution in [2.24, 2.45) is 0 Å².